The number of thioether (sulfide) groups is 1. The highest BCUT2D eigenvalue weighted by Gasteiger charge is 2.21. The third kappa shape index (κ3) is 5.08. The van der Waals surface area contributed by atoms with E-state index in [4.69, 9.17) is 5.14 Å². The maximum atomic E-state index is 12.2. The Balaban J connectivity index is 1.60. The topological polar surface area (TPSA) is 120 Å². The minimum Gasteiger partial charge on any atom is -0.325 e. The quantitative estimate of drug-likeness (QED) is 0.707. The van der Waals surface area contributed by atoms with E-state index in [1.165, 1.54) is 55.3 Å². The number of benzene rings is 1. The van der Waals surface area contributed by atoms with E-state index in [1.807, 2.05) is 6.92 Å². The number of nitrogens with two attached hydrogens (primary N) is 1. The largest absolute Gasteiger partial charge is 0.325 e. The SMILES string of the molecule is Cc1nnc(SCC(=O)Nc2ccc(S(N)(=O)=O)cc2)n1C1CCCCC1. The van der Waals surface area contributed by atoms with E-state index >= 15 is 0 Å². The van der Waals surface area contributed by atoms with Crippen molar-refractivity contribution >= 4 is 33.4 Å². The number of sulfonamides is 1. The average molecular weight is 410 g/mol. The molecule has 0 bridgehead atoms. The molecule has 0 unspecified atom stereocenters. The van der Waals surface area contributed by atoms with Gasteiger partial charge >= 0.3 is 0 Å². The third-order valence-electron chi connectivity index (χ3n) is 4.57. The van der Waals surface area contributed by atoms with Crippen molar-refractivity contribution in [3.63, 3.8) is 0 Å². The molecule has 3 rings (SSSR count). The molecule has 0 spiro atoms. The number of nitrogens with zero attached hydrogens (tertiary/aromatic N) is 3. The van der Waals surface area contributed by atoms with E-state index in [0.29, 0.717) is 11.7 Å². The maximum Gasteiger partial charge on any atom is 0.238 e. The Kier molecular flexibility index (Phi) is 6.18. The Morgan fingerprint density at radius 2 is 1.89 bits per heavy atom. The van der Waals surface area contributed by atoms with E-state index in [9.17, 15) is 13.2 Å². The summed E-state index contributed by atoms with van der Waals surface area (Å²) in [4.78, 5) is 12.2. The van der Waals surface area contributed by atoms with E-state index in [1.54, 1.807) is 0 Å². The summed E-state index contributed by atoms with van der Waals surface area (Å²) < 4.78 is 24.7. The summed E-state index contributed by atoms with van der Waals surface area (Å²) in [7, 11) is -3.74. The highest BCUT2D eigenvalue weighted by molar-refractivity contribution is 7.99. The number of rotatable bonds is 6. The summed E-state index contributed by atoms with van der Waals surface area (Å²) in [6.07, 6.45) is 5.93. The molecule has 0 saturated heterocycles. The summed E-state index contributed by atoms with van der Waals surface area (Å²) in [6, 6.07) is 6.15. The molecule has 0 atom stereocenters. The van der Waals surface area contributed by atoms with Gasteiger partial charge in [0.25, 0.3) is 0 Å². The van der Waals surface area contributed by atoms with Crippen LogP contribution in [0.2, 0.25) is 0 Å². The van der Waals surface area contributed by atoms with Crippen LogP contribution in [-0.4, -0.2) is 34.8 Å². The van der Waals surface area contributed by atoms with Crippen LogP contribution in [-0.2, 0) is 14.8 Å². The molecule has 10 heteroatoms. The number of anilines is 1. The second-order valence-corrected chi connectivity index (χ2v) is 9.10. The first kappa shape index (κ1) is 19.8. The second kappa shape index (κ2) is 8.41. The van der Waals surface area contributed by atoms with Crippen LogP contribution in [0.1, 0.15) is 44.0 Å². The summed E-state index contributed by atoms with van der Waals surface area (Å²) in [5.41, 5.74) is 0.512. The van der Waals surface area contributed by atoms with Crippen LogP contribution in [0.4, 0.5) is 5.69 Å². The van der Waals surface area contributed by atoms with Crippen LogP contribution in [0.25, 0.3) is 0 Å². The van der Waals surface area contributed by atoms with Crippen LogP contribution < -0.4 is 10.5 Å². The zero-order chi connectivity index (χ0) is 19.4. The molecule has 1 amide bonds. The van der Waals surface area contributed by atoms with Gasteiger partial charge in [-0.25, -0.2) is 13.6 Å². The van der Waals surface area contributed by atoms with Crippen molar-refractivity contribution in [3.05, 3.63) is 30.1 Å². The first-order valence-electron chi connectivity index (χ1n) is 8.81. The van der Waals surface area contributed by atoms with Gasteiger partial charge < -0.3 is 9.88 Å². The molecule has 0 aliphatic heterocycles. The number of carbonyl (C=O) groups is 1. The Morgan fingerprint density at radius 1 is 1.22 bits per heavy atom. The van der Waals surface area contributed by atoms with Gasteiger partial charge in [0.05, 0.1) is 10.6 Å². The Morgan fingerprint density at radius 3 is 2.52 bits per heavy atom. The zero-order valence-corrected chi connectivity index (χ0v) is 16.7. The van der Waals surface area contributed by atoms with Gasteiger partial charge in [0.15, 0.2) is 5.16 Å². The predicted molar refractivity (Wildman–Crippen MR) is 104 cm³/mol. The lowest BCUT2D eigenvalue weighted by Gasteiger charge is -2.24. The molecule has 1 fully saturated rings. The van der Waals surface area contributed by atoms with Crippen molar-refractivity contribution in [3.8, 4) is 0 Å². The third-order valence-corrected chi connectivity index (χ3v) is 6.45. The number of hydrogen-bond acceptors (Lipinski definition) is 6. The Hall–Kier alpha value is -1.91. The molecule has 2 aromatic rings. The van der Waals surface area contributed by atoms with Crippen molar-refractivity contribution < 1.29 is 13.2 Å². The molecule has 1 heterocycles. The molecular formula is C17H23N5O3S2. The van der Waals surface area contributed by atoms with E-state index in [-0.39, 0.29) is 16.6 Å². The number of carbonyl (C=O) groups excluding carboxylic acids is 1. The molecule has 1 aliphatic carbocycles. The van der Waals surface area contributed by atoms with Gasteiger partial charge in [-0.1, -0.05) is 31.0 Å². The van der Waals surface area contributed by atoms with Gasteiger partial charge in [-0.2, -0.15) is 0 Å². The number of amides is 1. The number of aryl methyl sites for hydroxylation is 1. The fourth-order valence-corrected chi connectivity index (χ4v) is 4.63. The molecule has 8 nitrogen and oxygen atoms in total. The van der Waals surface area contributed by atoms with Crippen LogP contribution in [0.15, 0.2) is 34.3 Å². The van der Waals surface area contributed by atoms with Gasteiger partial charge in [0.1, 0.15) is 5.82 Å². The second-order valence-electron chi connectivity index (χ2n) is 6.60. The molecule has 146 valence electrons. The highest BCUT2D eigenvalue weighted by Crippen LogP contribution is 2.32. The van der Waals surface area contributed by atoms with Crippen LogP contribution in [0, 0.1) is 6.92 Å². The van der Waals surface area contributed by atoms with Crippen molar-refractivity contribution in [1.82, 2.24) is 14.8 Å². The summed E-state index contributed by atoms with van der Waals surface area (Å²) >= 11 is 1.36. The smallest absolute Gasteiger partial charge is 0.238 e. The monoisotopic (exact) mass is 409 g/mol. The summed E-state index contributed by atoms with van der Waals surface area (Å²) in [6.45, 7) is 1.94. The van der Waals surface area contributed by atoms with E-state index < -0.39 is 10.0 Å². The lowest BCUT2D eigenvalue weighted by Crippen LogP contribution is -2.17. The fraction of sp³-hybridized carbons (Fsp3) is 0.471. The summed E-state index contributed by atoms with van der Waals surface area (Å²) in [5, 5.41) is 17.0. The Labute approximate surface area is 163 Å². The number of hydrogen-bond donors (Lipinski definition) is 2. The van der Waals surface area contributed by atoms with Crippen molar-refractivity contribution in [1.29, 1.82) is 0 Å². The van der Waals surface area contributed by atoms with Crippen LogP contribution in [0.5, 0.6) is 0 Å². The molecule has 3 N–H and O–H groups in total. The maximum absolute atomic E-state index is 12.2. The standard InChI is InChI=1S/C17H23N5O3S2/c1-12-20-21-17(22(12)14-5-3-2-4-6-14)26-11-16(23)19-13-7-9-15(10-8-13)27(18,24)25/h7-10,14H,2-6,11H2,1H3,(H,19,23)(H2,18,24,25). The minimum absolute atomic E-state index is 0.00549. The first-order chi connectivity index (χ1) is 12.8. The number of primary sulfonamides is 1. The van der Waals surface area contributed by atoms with E-state index in [0.717, 1.165) is 23.8 Å². The van der Waals surface area contributed by atoms with Gasteiger partial charge in [-0.3, -0.25) is 4.79 Å². The zero-order valence-electron chi connectivity index (χ0n) is 15.1. The first-order valence-corrected chi connectivity index (χ1v) is 11.3. The van der Waals surface area contributed by atoms with Crippen molar-refractivity contribution in [2.24, 2.45) is 5.14 Å². The molecule has 1 aromatic heterocycles. The molecule has 1 aliphatic rings. The molecule has 27 heavy (non-hydrogen) atoms. The lowest BCUT2D eigenvalue weighted by atomic mass is 9.95. The molecule has 1 aromatic carbocycles. The van der Waals surface area contributed by atoms with E-state index in [2.05, 4.69) is 20.1 Å². The van der Waals surface area contributed by atoms with Gasteiger partial charge in [-0.05, 0) is 44.0 Å². The Bertz CT molecular complexity index is 903. The van der Waals surface area contributed by atoms with Gasteiger partial charge in [-0.15, -0.1) is 10.2 Å². The minimum atomic E-state index is -3.74. The predicted octanol–water partition coefficient (Wildman–Crippen LogP) is 2.47. The van der Waals surface area contributed by atoms with Gasteiger partial charge in [0, 0.05) is 11.7 Å². The van der Waals surface area contributed by atoms with Crippen LogP contribution in [0.3, 0.4) is 0 Å². The average Bonchev–Trinajstić information content (AvgIpc) is 3.01. The molecular weight excluding hydrogens is 386 g/mol. The van der Waals surface area contributed by atoms with Crippen LogP contribution >= 0.6 is 11.8 Å². The number of nitrogens with one attached hydrogen (secondary N) is 1. The fourth-order valence-electron chi connectivity index (χ4n) is 3.26. The van der Waals surface area contributed by atoms with Crippen molar-refractivity contribution in [2.75, 3.05) is 11.1 Å². The lowest BCUT2D eigenvalue weighted by molar-refractivity contribution is -0.113. The highest BCUT2D eigenvalue weighted by atomic mass is 32.2. The number of aromatic nitrogens is 3. The normalized spacial score (nSPS) is 15.6. The summed E-state index contributed by atoms with van der Waals surface area (Å²) in [5.74, 6) is 0.879. The van der Waals surface area contributed by atoms with Gasteiger partial charge in [0.2, 0.25) is 15.9 Å². The van der Waals surface area contributed by atoms with Crippen molar-refractivity contribution in [2.45, 2.75) is 55.1 Å². The molecule has 1 saturated carbocycles. The molecule has 0 radical (unpaired) electrons.